The minimum atomic E-state index is -0.539. The molecule has 2 heterocycles. The molecule has 3 rings (SSSR count). The molecule has 1 aliphatic rings. The van der Waals surface area contributed by atoms with E-state index in [0.29, 0.717) is 22.8 Å². The smallest absolute Gasteiger partial charge is 0.338 e. The Balaban J connectivity index is 2.16. The number of nitro groups is 1. The van der Waals surface area contributed by atoms with Crippen LogP contribution in [0.5, 0.6) is 0 Å². The third-order valence-corrected chi connectivity index (χ3v) is 3.82. The topological polar surface area (TPSA) is 99.3 Å². The van der Waals surface area contributed by atoms with E-state index in [2.05, 4.69) is 10.3 Å². The first kappa shape index (κ1) is 15.7. The lowest BCUT2D eigenvalue weighted by molar-refractivity contribution is -0.384. The highest BCUT2D eigenvalue weighted by molar-refractivity contribution is 5.92. The molecule has 0 aliphatic carbocycles. The van der Waals surface area contributed by atoms with Gasteiger partial charge >= 0.3 is 5.97 Å². The van der Waals surface area contributed by atoms with E-state index in [-0.39, 0.29) is 12.3 Å². The third-order valence-electron chi connectivity index (χ3n) is 3.82. The van der Waals surface area contributed by atoms with Gasteiger partial charge in [-0.25, -0.2) is 9.78 Å². The van der Waals surface area contributed by atoms with E-state index < -0.39 is 16.9 Å². The van der Waals surface area contributed by atoms with Crippen LogP contribution in [0.15, 0.2) is 47.9 Å². The van der Waals surface area contributed by atoms with Crippen molar-refractivity contribution in [3.8, 4) is 0 Å². The number of nitro benzene ring substituents is 1. The fourth-order valence-corrected chi connectivity index (χ4v) is 2.81. The summed E-state index contributed by atoms with van der Waals surface area (Å²) in [6.07, 6.45) is 3.32. The van der Waals surface area contributed by atoms with Crippen molar-refractivity contribution in [2.24, 2.45) is 0 Å². The van der Waals surface area contributed by atoms with Crippen molar-refractivity contribution in [1.29, 1.82) is 0 Å². The molecule has 2 aromatic rings. The molecular formula is C16H16N4O4. The number of allylic oxidation sites excluding steroid dienone is 1. The third kappa shape index (κ3) is 2.62. The number of imidazole rings is 1. The zero-order valence-corrected chi connectivity index (χ0v) is 13.2. The summed E-state index contributed by atoms with van der Waals surface area (Å²) in [7, 11) is 0. The van der Waals surface area contributed by atoms with E-state index in [0.717, 1.165) is 0 Å². The van der Waals surface area contributed by atoms with Crippen molar-refractivity contribution in [1.82, 2.24) is 9.55 Å². The number of hydrogen-bond acceptors (Lipinski definition) is 6. The molecule has 124 valence electrons. The van der Waals surface area contributed by atoms with Crippen LogP contribution in [0, 0.1) is 10.1 Å². The van der Waals surface area contributed by atoms with Crippen LogP contribution in [0.3, 0.4) is 0 Å². The molecule has 8 heteroatoms. The summed E-state index contributed by atoms with van der Waals surface area (Å²) in [4.78, 5) is 27.3. The Bertz CT molecular complexity index is 840. The molecule has 0 bridgehead atoms. The second-order valence-corrected chi connectivity index (χ2v) is 5.30. The Morgan fingerprint density at radius 3 is 3.00 bits per heavy atom. The number of carbonyl (C=O) groups is 1. The average molecular weight is 328 g/mol. The maximum Gasteiger partial charge on any atom is 0.338 e. The molecule has 24 heavy (non-hydrogen) atoms. The van der Waals surface area contributed by atoms with E-state index in [1.165, 1.54) is 12.1 Å². The lowest BCUT2D eigenvalue weighted by Gasteiger charge is -2.29. The van der Waals surface area contributed by atoms with Crippen LogP contribution in [0.25, 0.3) is 0 Å². The Kier molecular flexibility index (Phi) is 4.03. The monoisotopic (exact) mass is 328 g/mol. The van der Waals surface area contributed by atoms with Gasteiger partial charge in [0, 0.05) is 30.2 Å². The molecule has 0 fully saturated rings. The fourth-order valence-electron chi connectivity index (χ4n) is 2.81. The molecule has 1 aromatic carbocycles. The maximum absolute atomic E-state index is 12.5. The van der Waals surface area contributed by atoms with E-state index in [4.69, 9.17) is 4.74 Å². The number of hydrogen-bond donors (Lipinski definition) is 1. The number of nitrogens with zero attached hydrogens (tertiary/aromatic N) is 3. The molecule has 1 aromatic heterocycles. The van der Waals surface area contributed by atoms with E-state index in [9.17, 15) is 14.9 Å². The van der Waals surface area contributed by atoms with E-state index >= 15 is 0 Å². The van der Waals surface area contributed by atoms with Gasteiger partial charge in [0.25, 0.3) is 5.69 Å². The number of ether oxygens (including phenoxy) is 1. The van der Waals surface area contributed by atoms with Crippen LogP contribution in [-0.2, 0) is 9.53 Å². The van der Waals surface area contributed by atoms with Gasteiger partial charge in [-0.15, -0.1) is 0 Å². The van der Waals surface area contributed by atoms with Crippen molar-refractivity contribution in [3.05, 3.63) is 63.6 Å². The molecule has 0 saturated carbocycles. The molecule has 8 nitrogen and oxygen atoms in total. The highest BCUT2D eigenvalue weighted by Crippen LogP contribution is 2.36. The Morgan fingerprint density at radius 1 is 1.50 bits per heavy atom. The molecule has 0 radical (unpaired) electrons. The summed E-state index contributed by atoms with van der Waals surface area (Å²) in [6, 6.07) is 5.69. The number of rotatable bonds is 4. The highest BCUT2D eigenvalue weighted by atomic mass is 16.6. The van der Waals surface area contributed by atoms with E-state index in [1.54, 1.807) is 42.9 Å². The van der Waals surface area contributed by atoms with Gasteiger partial charge in [0.2, 0.25) is 5.95 Å². The van der Waals surface area contributed by atoms with Crippen LogP contribution in [0.4, 0.5) is 11.6 Å². The van der Waals surface area contributed by atoms with Gasteiger partial charge < -0.3 is 14.6 Å². The normalized spacial score (nSPS) is 16.3. The van der Waals surface area contributed by atoms with Crippen LogP contribution >= 0.6 is 0 Å². The number of anilines is 1. The van der Waals surface area contributed by atoms with Crippen LogP contribution in [-0.4, -0.2) is 27.1 Å². The van der Waals surface area contributed by atoms with Gasteiger partial charge in [-0.2, -0.15) is 0 Å². The largest absolute Gasteiger partial charge is 0.463 e. The molecule has 1 atom stereocenters. The van der Waals surface area contributed by atoms with Gasteiger partial charge in [-0.1, -0.05) is 12.1 Å². The average Bonchev–Trinajstić information content (AvgIpc) is 3.01. The van der Waals surface area contributed by atoms with E-state index in [1.807, 2.05) is 0 Å². The first-order valence-electron chi connectivity index (χ1n) is 7.45. The molecule has 1 aliphatic heterocycles. The summed E-state index contributed by atoms with van der Waals surface area (Å²) in [5.74, 6) is 0.107. The zero-order chi connectivity index (χ0) is 17.3. The predicted octanol–water partition coefficient (Wildman–Crippen LogP) is 2.64. The van der Waals surface area contributed by atoms with Gasteiger partial charge in [-0.05, 0) is 19.4 Å². The van der Waals surface area contributed by atoms with Crippen molar-refractivity contribution >= 4 is 17.6 Å². The Morgan fingerprint density at radius 2 is 2.29 bits per heavy atom. The summed E-state index contributed by atoms with van der Waals surface area (Å²) in [5.41, 5.74) is 1.60. The fraction of sp³-hybridized carbons (Fsp3) is 0.250. The predicted molar refractivity (Wildman–Crippen MR) is 86.4 cm³/mol. The van der Waals surface area contributed by atoms with Gasteiger partial charge in [0.15, 0.2) is 0 Å². The molecule has 0 amide bonds. The van der Waals surface area contributed by atoms with Crippen molar-refractivity contribution in [3.63, 3.8) is 0 Å². The summed E-state index contributed by atoms with van der Waals surface area (Å²) in [6.45, 7) is 3.73. The molecule has 0 saturated heterocycles. The lowest BCUT2D eigenvalue weighted by atomic mass is 9.95. The molecule has 1 unspecified atom stereocenters. The van der Waals surface area contributed by atoms with Crippen LogP contribution < -0.4 is 5.32 Å². The number of fused-ring (bicyclic) bond motifs is 1. The number of benzene rings is 1. The summed E-state index contributed by atoms with van der Waals surface area (Å²) in [5, 5.41) is 14.1. The summed E-state index contributed by atoms with van der Waals surface area (Å²) >= 11 is 0. The van der Waals surface area contributed by atoms with Gasteiger partial charge in [0.1, 0.15) is 0 Å². The minimum Gasteiger partial charge on any atom is -0.463 e. The standard InChI is InChI=1S/C16H16N4O4/c1-3-24-15(21)13-10(2)18-16-17-7-8-19(16)14(13)11-5-4-6-12(9-11)20(22)23/h4-9,14H,3H2,1-2H3,(H,17,18). The van der Waals surface area contributed by atoms with Gasteiger partial charge in [0.05, 0.1) is 23.1 Å². The Hall–Kier alpha value is -3.16. The first-order chi connectivity index (χ1) is 11.5. The zero-order valence-electron chi connectivity index (χ0n) is 13.2. The SMILES string of the molecule is CCOC(=O)C1=C(C)Nc2nccn2C1c1cccc([N+](=O)[O-])c1. The molecule has 1 N–H and O–H groups in total. The maximum atomic E-state index is 12.5. The number of aromatic nitrogens is 2. The van der Waals surface area contributed by atoms with Crippen molar-refractivity contribution < 1.29 is 14.5 Å². The minimum absolute atomic E-state index is 0.0337. The summed E-state index contributed by atoms with van der Waals surface area (Å²) < 4.78 is 6.93. The number of esters is 1. The molecular weight excluding hydrogens is 312 g/mol. The second-order valence-electron chi connectivity index (χ2n) is 5.30. The lowest BCUT2D eigenvalue weighted by Crippen LogP contribution is -2.28. The van der Waals surface area contributed by atoms with Crippen LogP contribution in [0.1, 0.15) is 25.5 Å². The van der Waals surface area contributed by atoms with Crippen LogP contribution in [0.2, 0.25) is 0 Å². The van der Waals surface area contributed by atoms with Crippen molar-refractivity contribution in [2.75, 3.05) is 11.9 Å². The van der Waals surface area contributed by atoms with Crippen molar-refractivity contribution in [2.45, 2.75) is 19.9 Å². The Labute approximate surface area is 137 Å². The quantitative estimate of drug-likeness (QED) is 0.526. The highest BCUT2D eigenvalue weighted by Gasteiger charge is 2.33. The first-order valence-corrected chi connectivity index (χ1v) is 7.45. The molecule has 0 spiro atoms. The number of carbonyl (C=O) groups excluding carboxylic acids is 1. The number of non-ortho nitro benzene ring substituents is 1. The number of nitrogens with one attached hydrogen (secondary N) is 1. The second kappa shape index (κ2) is 6.15. The van der Waals surface area contributed by atoms with Gasteiger partial charge in [-0.3, -0.25) is 10.1 Å².